The standard InChI is InChI=1S/C13H16BrFINO/c14-10-6-5-7-11(15)12(10)13(18)17-9-4-2-1-3-8-16/h5-7H,1-4,8-9H2,(H,17,18). The molecule has 5 heteroatoms. The number of rotatable bonds is 7. The van der Waals surface area contributed by atoms with Gasteiger partial charge >= 0.3 is 0 Å². The molecule has 0 aliphatic heterocycles. The Morgan fingerprint density at radius 3 is 2.67 bits per heavy atom. The van der Waals surface area contributed by atoms with Gasteiger partial charge in [0.1, 0.15) is 5.82 Å². The highest BCUT2D eigenvalue weighted by molar-refractivity contribution is 14.1. The van der Waals surface area contributed by atoms with E-state index in [-0.39, 0.29) is 11.5 Å². The molecule has 1 rings (SSSR count). The van der Waals surface area contributed by atoms with Crippen molar-refractivity contribution in [3.8, 4) is 0 Å². The second-order valence-corrected chi connectivity index (χ2v) is 5.89. The summed E-state index contributed by atoms with van der Waals surface area (Å²) >= 11 is 5.55. The van der Waals surface area contributed by atoms with E-state index in [0.29, 0.717) is 11.0 Å². The average Bonchev–Trinajstić information content (AvgIpc) is 2.33. The van der Waals surface area contributed by atoms with Crippen LogP contribution in [0.1, 0.15) is 36.0 Å². The van der Waals surface area contributed by atoms with Crippen molar-refractivity contribution >= 4 is 44.4 Å². The predicted octanol–water partition coefficient (Wildman–Crippen LogP) is 4.31. The van der Waals surface area contributed by atoms with Crippen LogP contribution in [0.2, 0.25) is 0 Å². The summed E-state index contributed by atoms with van der Waals surface area (Å²) in [5, 5.41) is 2.75. The Bertz CT molecular complexity index is 380. The van der Waals surface area contributed by atoms with Gasteiger partial charge in [-0.1, -0.05) is 41.5 Å². The third kappa shape index (κ3) is 5.22. The first kappa shape index (κ1) is 15.9. The van der Waals surface area contributed by atoms with Crippen LogP contribution in [0.3, 0.4) is 0 Å². The van der Waals surface area contributed by atoms with Gasteiger partial charge in [0.05, 0.1) is 5.56 Å². The van der Waals surface area contributed by atoms with Crippen LogP contribution in [0, 0.1) is 5.82 Å². The van der Waals surface area contributed by atoms with Crippen molar-refractivity contribution in [1.29, 1.82) is 0 Å². The molecule has 18 heavy (non-hydrogen) atoms. The first-order valence-electron chi connectivity index (χ1n) is 5.95. The number of halogens is 3. The van der Waals surface area contributed by atoms with Crippen LogP contribution in [0.15, 0.2) is 22.7 Å². The van der Waals surface area contributed by atoms with Gasteiger partial charge in [0.25, 0.3) is 5.91 Å². The van der Waals surface area contributed by atoms with Crippen molar-refractivity contribution in [2.45, 2.75) is 25.7 Å². The molecule has 0 aliphatic carbocycles. The van der Waals surface area contributed by atoms with Crippen LogP contribution in [-0.2, 0) is 0 Å². The minimum atomic E-state index is -0.494. The minimum Gasteiger partial charge on any atom is -0.352 e. The Hall–Kier alpha value is -0.170. The zero-order valence-corrected chi connectivity index (χ0v) is 13.8. The van der Waals surface area contributed by atoms with Gasteiger partial charge in [-0.25, -0.2) is 4.39 Å². The molecule has 0 atom stereocenters. The van der Waals surface area contributed by atoms with E-state index >= 15 is 0 Å². The topological polar surface area (TPSA) is 29.1 Å². The first-order valence-corrected chi connectivity index (χ1v) is 8.27. The highest BCUT2D eigenvalue weighted by Crippen LogP contribution is 2.19. The number of hydrogen-bond donors (Lipinski definition) is 1. The molecule has 0 aromatic heterocycles. The fourth-order valence-corrected chi connectivity index (χ4v) is 2.64. The summed E-state index contributed by atoms with van der Waals surface area (Å²) in [6.45, 7) is 0.598. The highest BCUT2D eigenvalue weighted by atomic mass is 127. The predicted molar refractivity (Wildman–Crippen MR) is 83.8 cm³/mol. The monoisotopic (exact) mass is 427 g/mol. The van der Waals surface area contributed by atoms with Crippen LogP contribution in [0.25, 0.3) is 0 Å². The van der Waals surface area contributed by atoms with E-state index in [0.717, 1.165) is 12.8 Å². The fraction of sp³-hybridized carbons (Fsp3) is 0.462. The van der Waals surface area contributed by atoms with Crippen LogP contribution in [0.5, 0.6) is 0 Å². The average molecular weight is 428 g/mol. The lowest BCUT2D eigenvalue weighted by atomic mass is 10.2. The van der Waals surface area contributed by atoms with Gasteiger partial charge in [0, 0.05) is 11.0 Å². The van der Waals surface area contributed by atoms with Gasteiger partial charge in [0.15, 0.2) is 0 Å². The number of amides is 1. The van der Waals surface area contributed by atoms with Crippen molar-refractivity contribution in [3.63, 3.8) is 0 Å². The second kappa shape index (κ2) is 8.85. The molecule has 0 radical (unpaired) electrons. The fourth-order valence-electron chi connectivity index (χ4n) is 1.58. The third-order valence-corrected chi connectivity index (χ3v) is 3.96. The molecule has 100 valence electrons. The van der Waals surface area contributed by atoms with Crippen molar-refractivity contribution in [1.82, 2.24) is 5.32 Å². The molecule has 0 bridgehead atoms. The van der Waals surface area contributed by atoms with Gasteiger partial charge < -0.3 is 5.32 Å². The Kier molecular flexibility index (Phi) is 7.81. The number of unbranched alkanes of at least 4 members (excludes halogenated alkanes) is 3. The summed E-state index contributed by atoms with van der Waals surface area (Å²) in [5.74, 6) is -0.847. The Morgan fingerprint density at radius 1 is 1.28 bits per heavy atom. The molecule has 1 N–H and O–H groups in total. The maximum Gasteiger partial charge on any atom is 0.255 e. The highest BCUT2D eigenvalue weighted by Gasteiger charge is 2.14. The van der Waals surface area contributed by atoms with Crippen LogP contribution < -0.4 is 5.32 Å². The summed E-state index contributed by atoms with van der Waals surface area (Å²) in [7, 11) is 0. The molecule has 1 aromatic carbocycles. The Morgan fingerprint density at radius 2 is 2.00 bits per heavy atom. The Labute approximate surface area is 129 Å². The molecular weight excluding hydrogens is 412 g/mol. The van der Waals surface area contributed by atoms with E-state index < -0.39 is 5.82 Å². The van der Waals surface area contributed by atoms with E-state index in [9.17, 15) is 9.18 Å². The van der Waals surface area contributed by atoms with Crippen molar-refractivity contribution in [2.75, 3.05) is 11.0 Å². The molecule has 0 unspecified atom stereocenters. The van der Waals surface area contributed by atoms with Gasteiger partial charge in [0.2, 0.25) is 0 Å². The van der Waals surface area contributed by atoms with Gasteiger partial charge in [-0.3, -0.25) is 4.79 Å². The quantitative estimate of drug-likeness (QED) is 0.392. The summed E-state index contributed by atoms with van der Waals surface area (Å²) < 4.78 is 15.1. The number of hydrogen-bond acceptors (Lipinski definition) is 1. The lowest BCUT2D eigenvalue weighted by molar-refractivity contribution is 0.0948. The number of nitrogens with one attached hydrogen (secondary N) is 1. The summed E-state index contributed by atoms with van der Waals surface area (Å²) in [4.78, 5) is 11.8. The molecular formula is C13H16BrFINO. The molecule has 0 heterocycles. The molecule has 0 aliphatic rings. The molecule has 0 spiro atoms. The first-order chi connectivity index (χ1) is 8.66. The number of alkyl halides is 1. The van der Waals surface area contributed by atoms with Crippen molar-refractivity contribution in [3.05, 3.63) is 34.1 Å². The SMILES string of the molecule is O=C(NCCCCCCI)c1c(F)cccc1Br. The largest absolute Gasteiger partial charge is 0.352 e. The maximum atomic E-state index is 13.5. The van der Waals surface area contributed by atoms with E-state index in [1.165, 1.54) is 23.3 Å². The summed E-state index contributed by atoms with van der Waals surface area (Å²) in [6, 6.07) is 4.53. The molecule has 0 saturated heterocycles. The lowest BCUT2D eigenvalue weighted by Crippen LogP contribution is -2.25. The Balaban J connectivity index is 2.37. The van der Waals surface area contributed by atoms with Crippen molar-refractivity contribution < 1.29 is 9.18 Å². The number of carbonyl (C=O) groups excluding carboxylic acids is 1. The zero-order chi connectivity index (χ0) is 13.4. The minimum absolute atomic E-state index is 0.0877. The third-order valence-electron chi connectivity index (χ3n) is 2.54. The number of carbonyl (C=O) groups is 1. The van der Waals surface area contributed by atoms with Gasteiger partial charge in [-0.2, -0.15) is 0 Å². The van der Waals surface area contributed by atoms with Crippen LogP contribution >= 0.6 is 38.5 Å². The normalized spacial score (nSPS) is 10.4. The molecule has 0 saturated carbocycles. The van der Waals surface area contributed by atoms with E-state index in [4.69, 9.17) is 0 Å². The van der Waals surface area contributed by atoms with Gasteiger partial charge in [-0.15, -0.1) is 0 Å². The van der Waals surface area contributed by atoms with Crippen LogP contribution in [0.4, 0.5) is 4.39 Å². The number of benzene rings is 1. The van der Waals surface area contributed by atoms with E-state index in [1.807, 2.05) is 0 Å². The second-order valence-electron chi connectivity index (χ2n) is 3.96. The van der Waals surface area contributed by atoms with E-state index in [1.54, 1.807) is 12.1 Å². The summed E-state index contributed by atoms with van der Waals surface area (Å²) in [5.41, 5.74) is 0.0877. The molecule has 0 fully saturated rings. The molecule has 2 nitrogen and oxygen atoms in total. The van der Waals surface area contributed by atoms with Gasteiger partial charge in [-0.05, 0) is 45.3 Å². The maximum absolute atomic E-state index is 13.5. The zero-order valence-electron chi connectivity index (χ0n) is 10.0. The van der Waals surface area contributed by atoms with Crippen LogP contribution in [-0.4, -0.2) is 16.9 Å². The van der Waals surface area contributed by atoms with Crippen molar-refractivity contribution in [2.24, 2.45) is 0 Å². The summed E-state index contributed by atoms with van der Waals surface area (Å²) in [6.07, 6.45) is 4.44. The molecule has 1 amide bonds. The lowest BCUT2D eigenvalue weighted by Gasteiger charge is -2.07. The van der Waals surface area contributed by atoms with E-state index in [2.05, 4.69) is 43.8 Å². The molecule has 1 aromatic rings. The smallest absolute Gasteiger partial charge is 0.255 e.